The zero-order chi connectivity index (χ0) is 28.0. The first-order chi connectivity index (χ1) is 18.6. The highest BCUT2D eigenvalue weighted by atomic mass is 35.5. The van der Waals surface area contributed by atoms with Crippen molar-refractivity contribution >= 4 is 37.6 Å². The number of hydrogen-bond acceptors (Lipinski definition) is 6. The Morgan fingerprint density at radius 2 is 1.62 bits per heavy atom. The zero-order valence-electron chi connectivity index (χ0n) is 21.3. The topological polar surface area (TPSA) is 122 Å². The molecule has 1 amide bonds. The van der Waals surface area contributed by atoms with Crippen molar-refractivity contribution in [1.29, 1.82) is 0 Å². The minimum atomic E-state index is -4.19. The number of halogens is 1. The zero-order valence-corrected chi connectivity index (χ0v) is 23.7. The molecule has 3 aromatic carbocycles. The van der Waals surface area contributed by atoms with Gasteiger partial charge < -0.3 is 10.1 Å². The first kappa shape index (κ1) is 29.0. The van der Waals surface area contributed by atoms with Gasteiger partial charge in [0.2, 0.25) is 26.0 Å². The van der Waals surface area contributed by atoms with Crippen LogP contribution in [0.25, 0.3) is 0 Å². The molecule has 1 fully saturated rings. The van der Waals surface area contributed by atoms with Crippen LogP contribution in [0.3, 0.4) is 0 Å². The summed E-state index contributed by atoms with van der Waals surface area (Å²) >= 11 is 6.03. The van der Waals surface area contributed by atoms with Gasteiger partial charge in [0.15, 0.2) is 0 Å². The van der Waals surface area contributed by atoms with E-state index in [1.165, 1.54) is 41.7 Å². The van der Waals surface area contributed by atoms with Crippen LogP contribution in [0.1, 0.15) is 24.0 Å². The number of benzene rings is 3. The van der Waals surface area contributed by atoms with Crippen molar-refractivity contribution in [2.45, 2.75) is 41.6 Å². The predicted octanol–water partition coefficient (Wildman–Crippen LogP) is 3.34. The molecule has 0 aliphatic carbocycles. The fraction of sp³-hybridized carbons (Fsp3) is 0.296. The average Bonchev–Trinajstić information content (AvgIpc) is 3.48. The van der Waals surface area contributed by atoms with E-state index in [1.54, 1.807) is 36.4 Å². The summed E-state index contributed by atoms with van der Waals surface area (Å²) in [6.45, 7) is 1.11. The summed E-state index contributed by atoms with van der Waals surface area (Å²) in [7, 11) is -6.39. The standard InChI is InChI=1S/C27H30ClN3O6S2/c1-37-25-14-11-22(28)18-26(25)38(33,34)30-24(17-20-7-3-2-4-8-20)27(32)29-19-21-9-12-23(13-10-21)39(35,36)31-15-5-6-16-31/h2-4,7-14,18,24,30H,5-6,15-17,19H2,1H3,(H,29,32). The van der Waals surface area contributed by atoms with Crippen molar-refractivity contribution in [3.8, 4) is 5.75 Å². The summed E-state index contributed by atoms with van der Waals surface area (Å²) in [6.07, 6.45) is 1.80. The van der Waals surface area contributed by atoms with Gasteiger partial charge in [0, 0.05) is 24.7 Å². The van der Waals surface area contributed by atoms with Crippen LogP contribution in [0.4, 0.5) is 0 Å². The maximum Gasteiger partial charge on any atom is 0.245 e. The Morgan fingerprint density at radius 3 is 2.26 bits per heavy atom. The second-order valence-electron chi connectivity index (χ2n) is 9.13. The second kappa shape index (κ2) is 12.5. The minimum absolute atomic E-state index is 0.0797. The number of amides is 1. The molecule has 0 radical (unpaired) electrons. The molecule has 1 saturated heterocycles. The fourth-order valence-corrected chi connectivity index (χ4v) is 7.46. The fourth-order valence-electron chi connectivity index (χ4n) is 4.32. The van der Waals surface area contributed by atoms with Gasteiger partial charge in [-0.05, 0) is 60.7 Å². The van der Waals surface area contributed by atoms with Crippen molar-refractivity contribution < 1.29 is 26.4 Å². The molecule has 0 saturated carbocycles. The first-order valence-electron chi connectivity index (χ1n) is 12.4. The van der Waals surface area contributed by atoms with Crippen molar-refractivity contribution in [3.05, 3.63) is 88.9 Å². The normalized spacial score (nSPS) is 15.1. The maximum atomic E-state index is 13.3. The quantitative estimate of drug-likeness (QED) is 0.353. The lowest BCUT2D eigenvalue weighted by molar-refractivity contribution is -0.122. The number of ether oxygens (including phenoxy) is 1. The highest BCUT2D eigenvalue weighted by Crippen LogP contribution is 2.27. The van der Waals surface area contributed by atoms with Crippen molar-refractivity contribution in [3.63, 3.8) is 0 Å². The van der Waals surface area contributed by atoms with Crippen LogP contribution in [0.15, 0.2) is 82.6 Å². The van der Waals surface area contributed by atoms with Gasteiger partial charge >= 0.3 is 0 Å². The third kappa shape index (κ3) is 7.17. The van der Waals surface area contributed by atoms with E-state index >= 15 is 0 Å². The molecule has 0 spiro atoms. The summed E-state index contributed by atoms with van der Waals surface area (Å²) < 4.78 is 61.3. The van der Waals surface area contributed by atoms with Gasteiger partial charge in [0.1, 0.15) is 16.7 Å². The molecule has 208 valence electrons. The number of carbonyl (C=O) groups is 1. The molecule has 3 aromatic rings. The molecule has 0 bridgehead atoms. The number of rotatable bonds is 11. The van der Waals surface area contributed by atoms with Crippen LogP contribution in [-0.2, 0) is 37.8 Å². The lowest BCUT2D eigenvalue weighted by Crippen LogP contribution is -2.47. The Balaban J connectivity index is 1.50. The summed E-state index contributed by atoms with van der Waals surface area (Å²) in [5.74, 6) is -0.452. The molecular weight excluding hydrogens is 562 g/mol. The van der Waals surface area contributed by atoms with E-state index in [0.717, 1.165) is 18.4 Å². The van der Waals surface area contributed by atoms with E-state index in [9.17, 15) is 21.6 Å². The molecule has 1 unspecified atom stereocenters. The molecule has 9 nitrogen and oxygen atoms in total. The van der Waals surface area contributed by atoms with Gasteiger partial charge in [0.05, 0.1) is 12.0 Å². The van der Waals surface area contributed by atoms with Gasteiger partial charge in [-0.2, -0.15) is 9.03 Å². The second-order valence-corrected chi connectivity index (χ2v) is 13.2. The van der Waals surface area contributed by atoms with E-state index in [1.807, 2.05) is 6.07 Å². The lowest BCUT2D eigenvalue weighted by atomic mass is 10.1. The summed E-state index contributed by atoms with van der Waals surface area (Å²) in [4.78, 5) is 13.3. The largest absolute Gasteiger partial charge is 0.495 e. The van der Waals surface area contributed by atoms with Crippen LogP contribution in [0.2, 0.25) is 5.02 Å². The summed E-state index contributed by atoms with van der Waals surface area (Å²) in [5.41, 5.74) is 1.43. The number of sulfonamides is 2. The summed E-state index contributed by atoms with van der Waals surface area (Å²) in [5, 5.41) is 2.97. The highest BCUT2D eigenvalue weighted by molar-refractivity contribution is 7.89. The van der Waals surface area contributed by atoms with Gasteiger partial charge in [0.25, 0.3) is 0 Å². The Hall–Kier alpha value is -2.96. The average molecular weight is 592 g/mol. The third-order valence-electron chi connectivity index (χ3n) is 6.40. The molecule has 4 rings (SSSR count). The molecule has 0 aromatic heterocycles. The van der Waals surface area contributed by atoms with Gasteiger partial charge in [-0.3, -0.25) is 4.79 Å². The number of nitrogens with zero attached hydrogens (tertiary/aromatic N) is 1. The van der Waals surface area contributed by atoms with Crippen LogP contribution in [0.5, 0.6) is 5.75 Å². The van der Waals surface area contributed by atoms with Gasteiger partial charge in [-0.1, -0.05) is 54.1 Å². The first-order valence-corrected chi connectivity index (χ1v) is 15.7. The van der Waals surface area contributed by atoms with Crippen molar-refractivity contribution in [2.75, 3.05) is 20.2 Å². The number of methoxy groups -OCH3 is 1. The number of nitrogens with one attached hydrogen (secondary N) is 2. The van der Waals surface area contributed by atoms with E-state index in [2.05, 4.69) is 10.0 Å². The number of hydrogen-bond donors (Lipinski definition) is 2. The van der Waals surface area contributed by atoms with Crippen molar-refractivity contribution in [2.24, 2.45) is 0 Å². The molecule has 2 N–H and O–H groups in total. The molecule has 1 heterocycles. The SMILES string of the molecule is COc1ccc(Cl)cc1S(=O)(=O)NC(Cc1ccccc1)C(=O)NCc1ccc(S(=O)(=O)N2CCCC2)cc1. The van der Waals surface area contributed by atoms with E-state index in [0.29, 0.717) is 18.7 Å². The lowest BCUT2D eigenvalue weighted by Gasteiger charge is -2.20. The smallest absolute Gasteiger partial charge is 0.245 e. The van der Waals surface area contributed by atoms with Crippen molar-refractivity contribution in [1.82, 2.24) is 14.3 Å². The maximum absolute atomic E-state index is 13.3. The van der Waals surface area contributed by atoms with Gasteiger partial charge in [-0.25, -0.2) is 16.8 Å². The Morgan fingerprint density at radius 1 is 0.949 bits per heavy atom. The van der Waals surface area contributed by atoms with Crippen LogP contribution in [-0.4, -0.2) is 53.3 Å². The van der Waals surface area contributed by atoms with Crippen LogP contribution >= 0.6 is 11.6 Å². The Kier molecular flexibility index (Phi) is 9.29. The third-order valence-corrected chi connectivity index (χ3v) is 10.0. The molecule has 1 atom stereocenters. The molecule has 1 aliphatic heterocycles. The molecular formula is C27H30ClN3O6S2. The predicted molar refractivity (Wildman–Crippen MR) is 149 cm³/mol. The Bertz CT molecular complexity index is 1510. The molecule has 39 heavy (non-hydrogen) atoms. The number of carbonyl (C=O) groups excluding carboxylic acids is 1. The monoisotopic (exact) mass is 591 g/mol. The minimum Gasteiger partial charge on any atom is -0.495 e. The highest BCUT2D eigenvalue weighted by Gasteiger charge is 2.29. The summed E-state index contributed by atoms with van der Waals surface area (Å²) in [6, 6.07) is 18.4. The molecule has 1 aliphatic rings. The van der Waals surface area contributed by atoms with E-state index < -0.39 is 32.0 Å². The van der Waals surface area contributed by atoms with Crippen LogP contribution in [0, 0.1) is 0 Å². The Labute approximate surface area is 234 Å². The molecule has 12 heteroatoms. The van der Waals surface area contributed by atoms with E-state index in [4.69, 9.17) is 16.3 Å². The van der Waals surface area contributed by atoms with Gasteiger partial charge in [-0.15, -0.1) is 0 Å². The van der Waals surface area contributed by atoms with E-state index in [-0.39, 0.29) is 33.5 Å². The van der Waals surface area contributed by atoms with Crippen LogP contribution < -0.4 is 14.8 Å².